The molecule has 5 nitrogen and oxygen atoms in total. The van der Waals surface area contributed by atoms with Crippen LogP contribution in [-0.2, 0) is 13.1 Å². The molecule has 0 aromatic carbocycles. The monoisotopic (exact) mass is 251 g/mol. The number of hydrogen-bond donors (Lipinski definition) is 1. The van der Waals surface area contributed by atoms with Gasteiger partial charge in [0.1, 0.15) is 0 Å². The number of likely N-dealkylation sites (N-methyl/N-ethyl adjacent to an activating group) is 1. The predicted molar refractivity (Wildman–Crippen MR) is 56.3 cm³/mol. The minimum Gasteiger partial charge on any atom is -0.314 e. The summed E-state index contributed by atoms with van der Waals surface area (Å²) in [5, 5.41) is 10.6. The van der Waals surface area contributed by atoms with Crippen molar-refractivity contribution in [2.75, 3.05) is 27.2 Å². The van der Waals surface area contributed by atoms with Crippen LogP contribution in [0.1, 0.15) is 5.69 Å². The Morgan fingerprint density at radius 2 is 2.18 bits per heavy atom. The van der Waals surface area contributed by atoms with Crippen LogP contribution in [0.2, 0.25) is 0 Å². The second-order valence-electron chi connectivity index (χ2n) is 3.86. The summed E-state index contributed by atoms with van der Waals surface area (Å²) in [5.41, 5.74) is 0.769. The zero-order valence-electron chi connectivity index (χ0n) is 9.83. The number of alkyl halides is 3. The van der Waals surface area contributed by atoms with Crippen molar-refractivity contribution in [2.24, 2.45) is 0 Å². The van der Waals surface area contributed by atoms with Crippen molar-refractivity contribution in [1.29, 1.82) is 0 Å². The highest BCUT2D eigenvalue weighted by Crippen LogP contribution is 2.15. The predicted octanol–water partition coefficient (Wildman–Crippen LogP) is 0.492. The lowest BCUT2D eigenvalue weighted by Crippen LogP contribution is -2.33. The van der Waals surface area contributed by atoms with Gasteiger partial charge in [0.2, 0.25) is 0 Å². The van der Waals surface area contributed by atoms with Gasteiger partial charge in [-0.05, 0) is 14.1 Å². The van der Waals surface area contributed by atoms with Gasteiger partial charge in [0, 0.05) is 19.3 Å². The molecule has 0 fully saturated rings. The van der Waals surface area contributed by atoms with Crippen LogP contribution in [0.25, 0.3) is 0 Å². The lowest BCUT2D eigenvalue weighted by Gasteiger charge is -2.17. The van der Waals surface area contributed by atoms with E-state index >= 15 is 0 Å². The van der Waals surface area contributed by atoms with Gasteiger partial charge in [0.15, 0.2) is 0 Å². The van der Waals surface area contributed by atoms with Crippen molar-refractivity contribution >= 4 is 0 Å². The Morgan fingerprint density at radius 1 is 1.47 bits per heavy atom. The molecule has 1 rings (SSSR count). The highest BCUT2D eigenvalue weighted by molar-refractivity contribution is 4.91. The highest BCUT2D eigenvalue weighted by atomic mass is 19.4. The van der Waals surface area contributed by atoms with Gasteiger partial charge in [-0.2, -0.15) is 13.2 Å². The molecule has 0 bridgehead atoms. The Kier molecular flexibility index (Phi) is 4.88. The normalized spacial score (nSPS) is 12.4. The Morgan fingerprint density at radius 3 is 2.76 bits per heavy atom. The van der Waals surface area contributed by atoms with Crippen LogP contribution in [0, 0.1) is 0 Å². The van der Waals surface area contributed by atoms with E-state index in [1.54, 1.807) is 17.9 Å². The first-order valence-electron chi connectivity index (χ1n) is 5.19. The second kappa shape index (κ2) is 5.97. The minimum absolute atomic E-state index is 0.280. The van der Waals surface area contributed by atoms with E-state index in [0.717, 1.165) is 5.69 Å². The summed E-state index contributed by atoms with van der Waals surface area (Å²) in [5.74, 6) is 0. The average Bonchev–Trinajstić information content (AvgIpc) is 2.61. The van der Waals surface area contributed by atoms with Crippen LogP contribution in [0.15, 0.2) is 6.20 Å². The van der Waals surface area contributed by atoms with Gasteiger partial charge in [-0.25, -0.2) is 0 Å². The third-order valence-corrected chi connectivity index (χ3v) is 2.10. The van der Waals surface area contributed by atoms with Gasteiger partial charge >= 0.3 is 6.18 Å². The summed E-state index contributed by atoms with van der Waals surface area (Å²) in [6.07, 6.45) is -2.44. The molecular weight excluding hydrogens is 235 g/mol. The van der Waals surface area contributed by atoms with E-state index in [-0.39, 0.29) is 6.54 Å². The summed E-state index contributed by atoms with van der Waals surface area (Å²) < 4.78 is 37.7. The Hall–Kier alpha value is -1.15. The van der Waals surface area contributed by atoms with Crippen LogP contribution >= 0.6 is 0 Å². The average molecular weight is 251 g/mol. The molecule has 17 heavy (non-hydrogen) atoms. The SMILES string of the molecule is CNCc1cn(CCN(C)CC(F)(F)F)nn1. The fourth-order valence-electron chi connectivity index (χ4n) is 1.37. The molecule has 1 heterocycles. The molecule has 1 aromatic heterocycles. The quantitative estimate of drug-likeness (QED) is 0.799. The largest absolute Gasteiger partial charge is 0.401 e. The molecule has 1 N–H and O–H groups in total. The van der Waals surface area contributed by atoms with Crippen molar-refractivity contribution in [3.05, 3.63) is 11.9 Å². The molecule has 0 saturated heterocycles. The molecule has 0 spiro atoms. The molecule has 0 saturated carbocycles. The molecule has 0 atom stereocenters. The first-order chi connectivity index (χ1) is 7.90. The maximum atomic E-state index is 12.1. The summed E-state index contributed by atoms with van der Waals surface area (Å²) in [4.78, 5) is 1.21. The van der Waals surface area contributed by atoms with E-state index < -0.39 is 12.7 Å². The number of rotatable bonds is 6. The number of nitrogens with one attached hydrogen (secondary N) is 1. The Balaban J connectivity index is 2.34. The maximum Gasteiger partial charge on any atom is 0.401 e. The molecule has 0 aliphatic heterocycles. The molecule has 0 unspecified atom stereocenters. The first-order valence-corrected chi connectivity index (χ1v) is 5.19. The molecule has 0 aliphatic carbocycles. The van der Waals surface area contributed by atoms with Crippen LogP contribution in [-0.4, -0.2) is 53.3 Å². The molecule has 0 radical (unpaired) electrons. The Bertz CT molecular complexity index is 336. The molecular formula is C9H16F3N5. The van der Waals surface area contributed by atoms with Crippen LogP contribution < -0.4 is 5.32 Å². The third-order valence-electron chi connectivity index (χ3n) is 2.10. The second-order valence-corrected chi connectivity index (χ2v) is 3.86. The van der Waals surface area contributed by atoms with E-state index in [0.29, 0.717) is 13.1 Å². The van der Waals surface area contributed by atoms with Crippen LogP contribution in [0.3, 0.4) is 0 Å². The van der Waals surface area contributed by atoms with Gasteiger partial charge in [-0.15, -0.1) is 5.10 Å². The van der Waals surface area contributed by atoms with E-state index in [1.165, 1.54) is 11.9 Å². The van der Waals surface area contributed by atoms with Crippen molar-refractivity contribution in [3.63, 3.8) is 0 Å². The number of aromatic nitrogens is 3. The number of nitrogens with zero attached hydrogens (tertiary/aromatic N) is 4. The zero-order chi connectivity index (χ0) is 12.9. The van der Waals surface area contributed by atoms with Gasteiger partial charge in [-0.3, -0.25) is 9.58 Å². The van der Waals surface area contributed by atoms with E-state index in [1.807, 2.05) is 0 Å². The van der Waals surface area contributed by atoms with Crippen LogP contribution in [0.5, 0.6) is 0 Å². The zero-order valence-corrected chi connectivity index (χ0v) is 9.83. The minimum atomic E-state index is -4.16. The van der Waals surface area contributed by atoms with E-state index in [9.17, 15) is 13.2 Å². The van der Waals surface area contributed by atoms with E-state index in [2.05, 4.69) is 15.6 Å². The first kappa shape index (κ1) is 13.9. The van der Waals surface area contributed by atoms with Gasteiger partial charge < -0.3 is 5.32 Å². The molecule has 0 amide bonds. The van der Waals surface area contributed by atoms with Crippen molar-refractivity contribution in [3.8, 4) is 0 Å². The standard InChI is InChI=1S/C9H16F3N5/c1-13-5-8-6-17(15-14-8)4-3-16(2)7-9(10,11)12/h6,13H,3-5,7H2,1-2H3. The summed E-state index contributed by atoms with van der Waals surface area (Å²) in [6, 6.07) is 0. The fraction of sp³-hybridized carbons (Fsp3) is 0.778. The summed E-state index contributed by atoms with van der Waals surface area (Å²) >= 11 is 0. The summed E-state index contributed by atoms with van der Waals surface area (Å²) in [6.45, 7) is 0.356. The topological polar surface area (TPSA) is 46.0 Å². The molecule has 0 aliphatic rings. The Labute approximate surface area is 97.6 Å². The van der Waals surface area contributed by atoms with Crippen molar-refractivity contribution in [2.45, 2.75) is 19.3 Å². The number of hydrogen-bond acceptors (Lipinski definition) is 4. The maximum absolute atomic E-state index is 12.1. The molecule has 1 aromatic rings. The molecule has 98 valence electrons. The van der Waals surface area contributed by atoms with Crippen molar-refractivity contribution < 1.29 is 13.2 Å². The highest BCUT2D eigenvalue weighted by Gasteiger charge is 2.28. The van der Waals surface area contributed by atoms with Crippen LogP contribution in [0.4, 0.5) is 13.2 Å². The smallest absolute Gasteiger partial charge is 0.314 e. The number of halogens is 3. The molecule has 8 heteroatoms. The van der Waals surface area contributed by atoms with Crippen molar-refractivity contribution in [1.82, 2.24) is 25.2 Å². The third kappa shape index (κ3) is 5.64. The summed E-state index contributed by atoms with van der Waals surface area (Å²) in [7, 11) is 3.22. The van der Waals surface area contributed by atoms with E-state index in [4.69, 9.17) is 0 Å². The lowest BCUT2D eigenvalue weighted by atomic mass is 10.4. The fourth-order valence-corrected chi connectivity index (χ4v) is 1.37. The lowest BCUT2D eigenvalue weighted by molar-refractivity contribution is -0.143. The van der Waals surface area contributed by atoms with Gasteiger partial charge in [0.05, 0.1) is 18.8 Å². The van der Waals surface area contributed by atoms with Gasteiger partial charge in [-0.1, -0.05) is 5.21 Å². The van der Waals surface area contributed by atoms with Gasteiger partial charge in [0.25, 0.3) is 0 Å².